The molecule has 2 rings (SSSR count). The van der Waals surface area contributed by atoms with Crippen molar-refractivity contribution in [1.82, 2.24) is 0 Å². The highest BCUT2D eigenvalue weighted by atomic mass is 32.1. The molecule has 0 spiro atoms. The number of nitrogens with one attached hydrogen (secondary N) is 1. The Kier molecular flexibility index (Phi) is 8.04. The number of amides is 1. The Morgan fingerprint density at radius 2 is 1.85 bits per heavy atom. The van der Waals surface area contributed by atoms with E-state index in [2.05, 4.69) is 12.2 Å². The first-order chi connectivity index (χ1) is 13.0. The third kappa shape index (κ3) is 5.42. The summed E-state index contributed by atoms with van der Waals surface area (Å²) in [5.74, 6) is -0.454. The largest absolute Gasteiger partial charge is 0.462 e. The molecule has 0 saturated carbocycles. The summed E-state index contributed by atoms with van der Waals surface area (Å²) in [5.41, 5.74) is 3.35. The summed E-state index contributed by atoms with van der Waals surface area (Å²) in [5, 5.41) is 5.48. The summed E-state index contributed by atoms with van der Waals surface area (Å²) in [6.07, 6.45) is 3.74. The van der Waals surface area contributed by atoms with Crippen LogP contribution >= 0.6 is 11.3 Å². The first-order valence-electron chi connectivity index (χ1n) is 9.68. The minimum absolute atomic E-state index is 0.0196. The fourth-order valence-corrected chi connectivity index (χ4v) is 3.95. The van der Waals surface area contributed by atoms with Crippen LogP contribution in [0.3, 0.4) is 0 Å². The zero-order valence-corrected chi connectivity index (χ0v) is 17.4. The molecule has 146 valence electrons. The quantitative estimate of drug-likeness (QED) is 0.532. The molecule has 0 bridgehead atoms. The molecule has 4 nitrogen and oxygen atoms in total. The lowest BCUT2D eigenvalue weighted by Crippen LogP contribution is -2.23. The van der Waals surface area contributed by atoms with Gasteiger partial charge in [0.05, 0.1) is 6.61 Å². The maximum absolute atomic E-state index is 12.7. The van der Waals surface area contributed by atoms with Crippen LogP contribution in [0, 0.1) is 12.8 Å². The molecule has 1 unspecified atom stereocenters. The number of carbonyl (C=O) groups is 2. The molecule has 1 aromatic carbocycles. The Hall–Kier alpha value is -2.14. The summed E-state index contributed by atoms with van der Waals surface area (Å²) in [7, 11) is 0. The van der Waals surface area contributed by atoms with E-state index in [1.807, 2.05) is 43.5 Å². The molecular formula is C22H29NO3S. The Labute approximate surface area is 165 Å². The van der Waals surface area contributed by atoms with E-state index in [4.69, 9.17) is 4.74 Å². The average molecular weight is 388 g/mol. The van der Waals surface area contributed by atoms with Crippen LogP contribution in [-0.2, 0) is 9.53 Å². The average Bonchev–Trinajstić information content (AvgIpc) is 3.06. The van der Waals surface area contributed by atoms with Gasteiger partial charge in [-0.2, -0.15) is 0 Å². The number of aryl methyl sites for hydroxylation is 1. The van der Waals surface area contributed by atoms with Crippen molar-refractivity contribution in [1.29, 1.82) is 0 Å². The molecule has 2 aromatic rings. The molecule has 0 radical (unpaired) electrons. The van der Waals surface area contributed by atoms with Gasteiger partial charge in [-0.15, -0.1) is 11.3 Å². The van der Waals surface area contributed by atoms with E-state index in [1.54, 1.807) is 6.92 Å². The second-order valence-corrected chi connectivity index (χ2v) is 7.56. The lowest BCUT2D eigenvalue weighted by Gasteiger charge is -2.15. The van der Waals surface area contributed by atoms with Crippen LogP contribution in [0.2, 0.25) is 0 Å². The van der Waals surface area contributed by atoms with Crippen molar-refractivity contribution in [2.24, 2.45) is 5.92 Å². The van der Waals surface area contributed by atoms with Crippen molar-refractivity contribution >= 4 is 28.2 Å². The SMILES string of the molecule is CCCCC(CC)C(=O)Nc1scc(-c2ccc(C)cc2)c1C(=O)OCC. The minimum atomic E-state index is -0.397. The van der Waals surface area contributed by atoms with E-state index in [0.717, 1.165) is 42.4 Å². The molecular weight excluding hydrogens is 358 g/mol. The molecule has 1 N–H and O–H groups in total. The van der Waals surface area contributed by atoms with E-state index >= 15 is 0 Å². The summed E-state index contributed by atoms with van der Waals surface area (Å²) >= 11 is 1.38. The van der Waals surface area contributed by atoms with Crippen LogP contribution in [-0.4, -0.2) is 18.5 Å². The lowest BCUT2D eigenvalue weighted by molar-refractivity contribution is -0.120. The van der Waals surface area contributed by atoms with Crippen molar-refractivity contribution < 1.29 is 14.3 Å². The zero-order valence-electron chi connectivity index (χ0n) is 16.6. The standard InChI is InChI=1S/C22H29NO3S/c1-5-8-9-16(6-2)20(24)23-21-19(22(25)26-7-3)18(14-27-21)17-12-10-15(4)11-13-17/h10-14,16H,5-9H2,1-4H3,(H,23,24). The molecule has 1 amide bonds. The third-order valence-electron chi connectivity index (χ3n) is 4.64. The monoisotopic (exact) mass is 387 g/mol. The molecule has 0 aliphatic carbocycles. The van der Waals surface area contributed by atoms with Gasteiger partial charge in [-0.3, -0.25) is 4.79 Å². The number of esters is 1. The number of ether oxygens (including phenoxy) is 1. The van der Waals surface area contributed by atoms with Crippen molar-refractivity contribution in [3.63, 3.8) is 0 Å². The fraction of sp³-hybridized carbons (Fsp3) is 0.455. The molecule has 0 aliphatic rings. The van der Waals surface area contributed by atoms with Crippen molar-refractivity contribution in [3.8, 4) is 11.1 Å². The van der Waals surface area contributed by atoms with E-state index in [9.17, 15) is 9.59 Å². The molecule has 1 aromatic heterocycles. The smallest absolute Gasteiger partial charge is 0.341 e. The summed E-state index contributed by atoms with van der Waals surface area (Å²) in [6, 6.07) is 8.00. The van der Waals surface area contributed by atoms with Gasteiger partial charge in [-0.05, 0) is 32.3 Å². The Bertz CT molecular complexity index is 764. The highest BCUT2D eigenvalue weighted by molar-refractivity contribution is 7.15. The van der Waals surface area contributed by atoms with Crippen LogP contribution < -0.4 is 5.32 Å². The van der Waals surface area contributed by atoms with Gasteiger partial charge in [0.25, 0.3) is 0 Å². The summed E-state index contributed by atoms with van der Waals surface area (Å²) < 4.78 is 5.26. The predicted octanol–water partition coefficient (Wildman–Crippen LogP) is 6.06. The minimum Gasteiger partial charge on any atom is -0.462 e. The van der Waals surface area contributed by atoms with Crippen LogP contribution in [0.25, 0.3) is 11.1 Å². The number of hydrogen-bond donors (Lipinski definition) is 1. The van der Waals surface area contributed by atoms with Crippen LogP contribution in [0.15, 0.2) is 29.6 Å². The maximum Gasteiger partial charge on any atom is 0.341 e. The Morgan fingerprint density at radius 1 is 1.15 bits per heavy atom. The van der Waals surface area contributed by atoms with Crippen molar-refractivity contribution in [2.75, 3.05) is 11.9 Å². The third-order valence-corrected chi connectivity index (χ3v) is 5.54. The lowest BCUT2D eigenvalue weighted by atomic mass is 9.98. The van der Waals surface area contributed by atoms with Crippen LogP contribution in [0.1, 0.15) is 62.4 Å². The van der Waals surface area contributed by atoms with Crippen LogP contribution in [0.5, 0.6) is 0 Å². The number of unbranched alkanes of at least 4 members (excludes halogenated alkanes) is 1. The number of carbonyl (C=O) groups excluding carboxylic acids is 2. The Morgan fingerprint density at radius 3 is 2.44 bits per heavy atom. The van der Waals surface area contributed by atoms with Gasteiger partial charge in [-0.25, -0.2) is 4.79 Å². The highest BCUT2D eigenvalue weighted by Gasteiger charge is 2.24. The zero-order chi connectivity index (χ0) is 19.8. The molecule has 5 heteroatoms. The van der Waals surface area contributed by atoms with Gasteiger partial charge in [0.2, 0.25) is 5.91 Å². The molecule has 1 heterocycles. The Balaban J connectivity index is 2.34. The van der Waals surface area contributed by atoms with Gasteiger partial charge >= 0.3 is 5.97 Å². The van der Waals surface area contributed by atoms with Crippen LogP contribution in [0.4, 0.5) is 5.00 Å². The van der Waals surface area contributed by atoms with Crippen molar-refractivity contribution in [3.05, 3.63) is 40.8 Å². The molecule has 0 fully saturated rings. The number of rotatable bonds is 9. The second-order valence-electron chi connectivity index (χ2n) is 6.68. The molecule has 1 atom stereocenters. The number of anilines is 1. The van der Waals surface area contributed by atoms with Crippen molar-refractivity contribution in [2.45, 2.75) is 53.4 Å². The number of thiophene rings is 1. The first kappa shape index (κ1) is 21.2. The van der Waals surface area contributed by atoms with E-state index < -0.39 is 5.97 Å². The fourth-order valence-electron chi connectivity index (χ4n) is 2.99. The van der Waals surface area contributed by atoms with E-state index in [-0.39, 0.29) is 11.8 Å². The van der Waals surface area contributed by atoms with Gasteiger partial charge in [0.1, 0.15) is 10.6 Å². The topological polar surface area (TPSA) is 55.4 Å². The molecule has 0 saturated heterocycles. The number of hydrogen-bond acceptors (Lipinski definition) is 4. The second kappa shape index (κ2) is 10.3. The molecule has 27 heavy (non-hydrogen) atoms. The van der Waals surface area contributed by atoms with Gasteiger partial charge in [0.15, 0.2) is 0 Å². The summed E-state index contributed by atoms with van der Waals surface area (Å²) in [4.78, 5) is 25.3. The highest BCUT2D eigenvalue weighted by Crippen LogP contribution is 2.36. The normalized spacial score (nSPS) is 11.9. The number of benzene rings is 1. The van der Waals surface area contributed by atoms with Gasteiger partial charge < -0.3 is 10.1 Å². The summed E-state index contributed by atoms with van der Waals surface area (Å²) in [6.45, 7) is 8.25. The molecule has 0 aliphatic heterocycles. The van der Waals surface area contributed by atoms with Gasteiger partial charge in [-0.1, -0.05) is 56.5 Å². The van der Waals surface area contributed by atoms with E-state index in [0.29, 0.717) is 17.2 Å². The predicted molar refractivity (Wildman–Crippen MR) is 112 cm³/mol. The van der Waals surface area contributed by atoms with E-state index in [1.165, 1.54) is 11.3 Å². The van der Waals surface area contributed by atoms with Gasteiger partial charge in [0, 0.05) is 16.9 Å². The first-order valence-corrected chi connectivity index (χ1v) is 10.6. The maximum atomic E-state index is 12.7.